The first-order valence-electron chi connectivity index (χ1n) is 6.37. The Morgan fingerprint density at radius 2 is 2.18 bits per heavy atom. The molecule has 1 unspecified atom stereocenters. The Morgan fingerprint density at radius 3 is 2.76 bits per heavy atom. The van der Waals surface area contributed by atoms with Gasteiger partial charge in [0.2, 0.25) is 0 Å². The SMILES string of the molecule is CCCC(C)Oc1ncc(CNCC)c(C)n1. The lowest BCUT2D eigenvalue weighted by molar-refractivity contribution is 0.192. The quantitative estimate of drug-likeness (QED) is 0.791. The number of aryl methyl sites for hydroxylation is 1. The molecule has 96 valence electrons. The molecule has 1 aromatic heterocycles. The van der Waals surface area contributed by atoms with Crippen molar-refractivity contribution in [3.8, 4) is 6.01 Å². The van der Waals surface area contributed by atoms with Crippen LogP contribution >= 0.6 is 0 Å². The van der Waals surface area contributed by atoms with Crippen molar-refractivity contribution in [1.82, 2.24) is 15.3 Å². The van der Waals surface area contributed by atoms with Crippen LogP contribution in [0.2, 0.25) is 0 Å². The monoisotopic (exact) mass is 237 g/mol. The van der Waals surface area contributed by atoms with Crippen LogP contribution in [0.3, 0.4) is 0 Å². The smallest absolute Gasteiger partial charge is 0.316 e. The maximum atomic E-state index is 5.65. The first-order valence-corrected chi connectivity index (χ1v) is 6.37. The van der Waals surface area contributed by atoms with Gasteiger partial charge in [0, 0.05) is 24.0 Å². The lowest BCUT2D eigenvalue weighted by Gasteiger charge is -2.13. The molecule has 4 heteroatoms. The third kappa shape index (κ3) is 4.69. The van der Waals surface area contributed by atoms with E-state index in [1.807, 2.05) is 13.1 Å². The number of hydrogen-bond donors (Lipinski definition) is 1. The van der Waals surface area contributed by atoms with Crippen molar-refractivity contribution in [2.45, 2.75) is 53.2 Å². The standard InChI is InChI=1S/C13H23N3O/c1-5-7-10(3)17-13-15-9-12(8-14-6-2)11(4)16-13/h9-10,14H,5-8H2,1-4H3. The molecule has 4 nitrogen and oxygen atoms in total. The van der Waals surface area contributed by atoms with Gasteiger partial charge in [0.25, 0.3) is 0 Å². The van der Waals surface area contributed by atoms with Crippen molar-refractivity contribution in [2.24, 2.45) is 0 Å². The van der Waals surface area contributed by atoms with Crippen LogP contribution in [0.4, 0.5) is 0 Å². The number of nitrogens with one attached hydrogen (secondary N) is 1. The normalized spacial score (nSPS) is 12.5. The van der Waals surface area contributed by atoms with E-state index >= 15 is 0 Å². The van der Waals surface area contributed by atoms with Gasteiger partial charge in [-0.1, -0.05) is 20.3 Å². The van der Waals surface area contributed by atoms with E-state index in [-0.39, 0.29) is 6.10 Å². The summed E-state index contributed by atoms with van der Waals surface area (Å²) < 4.78 is 5.65. The van der Waals surface area contributed by atoms with Crippen molar-refractivity contribution >= 4 is 0 Å². The molecule has 0 saturated heterocycles. The Bertz CT molecular complexity index is 341. The predicted octanol–water partition coefficient (Wildman–Crippen LogP) is 2.46. The average Bonchev–Trinajstić information content (AvgIpc) is 2.28. The average molecular weight is 237 g/mol. The second-order valence-electron chi connectivity index (χ2n) is 4.26. The van der Waals surface area contributed by atoms with E-state index in [0.717, 1.165) is 37.2 Å². The molecule has 0 saturated carbocycles. The van der Waals surface area contributed by atoms with Crippen LogP contribution in [0.25, 0.3) is 0 Å². The summed E-state index contributed by atoms with van der Waals surface area (Å²) in [6.45, 7) is 10.0. The fourth-order valence-corrected chi connectivity index (χ4v) is 1.61. The third-order valence-corrected chi connectivity index (χ3v) is 2.63. The summed E-state index contributed by atoms with van der Waals surface area (Å²) in [5, 5.41) is 3.27. The number of nitrogens with zero attached hydrogens (tertiary/aromatic N) is 2. The van der Waals surface area contributed by atoms with Gasteiger partial charge in [-0.3, -0.25) is 0 Å². The van der Waals surface area contributed by atoms with E-state index in [4.69, 9.17) is 4.74 Å². The Kier molecular flexibility index (Phi) is 5.91. The minimum Gasteiger partial charge on any atom is -0.460 e. The van der Waals surface area contributed by atoms with Crippen molar-refractivity contribution in [3.63, 3.8) is 0 Å². The van der Waals surface area contributed by atoms with Gasteiger partial charge in [-0.15, -0.1) is 0 Å². The van der Waals surface area contributed by atoms with Crippen LogP contribution in [-0.4, -0.2) is 22.6 Å². The molecule has 1 N–H and O–H groups in total. The zero-order valence-corrected chi connectivity index (χ0v) is 11.3. The van der Waals surface area contributed by atoms with Gasteiger partial charge in [0.15, 0.2) is 0 Å². The summed E-state index contributed by atoms with van der Waals surface area (Å²) in [7, 11) is 0. The van der Waals surface area contributed by atoms with E-state index in [1.54, 1.807) is 0 Å². The topological polar surface area (TPSA) is 47.0 Å². The minimum atomic E-state index is 0.180. The van der Waals surface area contributed by atoms with Crippen LogP contribution < -0.4 is 10.1 Å². The largest absolute Gasteiger partial charge is 0.460 e. The Hall–Kier alpha value is -1.16. The molecule has 17 heavy (non-hydrogen) atoms. The van der Waals surface area contributed by atoms with E-state index in [9.17, 15) is 0 Å². The molecule has 1 rings (SSSR count). The number of hydrogen-bond acceptors (Lipinski definition) is 4. The highest BCUT2D eigenvalue weighted by molar-refractivity contribution is 5.17. The Balaban J connectivity index is 2.61. The first kappa shape index (κ1) is 13.9. The van der Waals surface area contributed by atoms with Crippen LogP contribution in [0.1, 0.15) is 44.9 Å². The van der Waals surface area contributed by atoms with Crippen LogP contribution in [0.5, 0.6) is 6.01 Å². The van der Waals surface area contributed by atoms with Crippen LogP contribution in [0.15, 0.2) is 6.20 Å². The zero-order chi connectivity index (χ0) is 12.7. The molecule has 0 aliphatic rings. The maximum Gasteiger partial charge on any atom is 0.316 e. The highest BCUT2D eigenvalue weighted by Gasteiger charge is 2.07. The van der Waals surface area contributed by atoms with Gasteiger partial charge in [0.1, 0.15) is 0 Å². The second kappa shape index (κ2) is 7.22. The summed E-state index contributed by atoms with van der Waals surface area (Å²) in [5.41, 5.74) is 2.11. The molecule has 0 aliphatic carbocycles. The summed E-state index contributed by atoms with van der Waals surface area (Å²) in [6, 6.07) is 0.490. The first-order chi connectivity index (χ1) is 8.17. The van der Waals surface area contributed by atoms with Gasteiger partial charge in [-0.05, 0) is 26.8 Å². The molecule has 0 spiro atoms. The molecule has 1 atom stereocenters. The van der Waals surface area contributed by atoms with Crippen molar-refractivity contribution in [1.29, 1.82) is 0 Å². The van der Waals surface area contributed by atoms with Gasteiger partial charge < -0.3 is 10.1 Å². The number of aromatic nitrogens is 2. The molecule has 0 bridgehead atoms. The zero-order valence-electron chi connectivity index (χ0n) is 11.3. The maximum absolute atomic E-state index is 5.65. The van der Waals surface area contributed by atoms with Crippen LogP contribution in [0, 0.1) is 6.92 Å². The van der Waals surface area contributed by atoms with Crippen molar-refractivity contribution in [2.75, 3.05) is 6.54 Å². The molecule has 1 aromatic rings. The number of ether oxygens (including phenoxy) is 1. The van der Waals surface area contributed by atoms with Crippen LogP contribution in [-0.2, 0) is 6.54 Å². The predicted molar refractivity (Wildman–Crippen MR) is 69.1 cm³/mol. The Labute approximate surface area is 104 Å². The fraction of sp³-hybridized carbons (Fsp3) is 0.692. The highest BCUT2D eigenvalue weighted by Crippen LogP contribution is 2.11. The van der Waals surface area contributed by atoms with E-state index in [0.29, 0.717) is 6.01 Å². The van der Waals surface area contributed by atoms with Crippen molar-refractivity contribution in [3.05, 3.63) is 17.5 Å². The number of rotatable bonds is 7. The Morgan fingerprint density at radius 1 is 1.41 bits per heavy atom. The lowest BCUT2D eigenvalue weighted by atomic mass is 10.2. The molecule has 0 fully saturated rings. The molecule has 1 heterocycles. The summed E-state index contributed by atoms with van der Waals surface area (Å²) in [4.78, 5) is 8.62. The minimum absolute atomic E-state index is 0.180. The molecule has 0 radical (unpaired) electrons. The highest BCUT2D eigenvalue weighted by atomic mass is 16.5. The van der Waals surface area contributed by atoms with Gasteiger partial charge in [0.05, 0.1) is 6.10 Å². The van der Waals surface area contributed by atoms with E-state index in [1.165, 1.54) is 0 Å². The van der Waals surface area contributed by atoms with Gasteiger partial charge >= 0.3 is 6.01 Å². The molecule has 0 aliphatic heterocycles. The van der Waals surface area contributed by atoms with E-state index in [2.05, 4.69) is 36.1 Å². The summed E-state index contributed by atoms with van der Waals surface area (Å²) >= 11 is 0. The van der Waals surface area contributed by atoms with Gasteiger partial charge in [-0.25, -0.2) is 9.97 Å². The molecule has 0 aromatic carbocycles. The molecular formula is C13H23N3O. The van der Waals surface area contributed by atoms with Crippen molar-refractivity contribution < 1.29 is 4.74 Å². The summed E-state index contributed by atoms with van der Waals surface area (Å²) in [6.07, 6.45) is 4.16. The second-order valence-corrected chi connectivity index (χ2v) is 4.26. The fourth-order valence-electron chi connectivity index (χ4n) is 1.61. The lowest BCUT2D eigenvalue weighted by Crippen LogP contribution is -2.16. The molecular weight excluding hydrogens is 214 g/mol. The summed E-state index contributed by atoms with van der Waals surface area (Å²) in [5.74, 6) is 0. The van der Waals surface area contributed by atoms with E-state index < -0.39 is 0 Å². The molecule has 0 amide bonds. The third-order valence-electron chi connectivity index (χ3n) is 2.63. The van der Waals surface area contributed by atoms with Gasteiger partial charge in [-0.2, -0.15) is 0 Å².